The van der Waals surface area contributed by atoms with Gasteiger partial charge in [0, 0.05) is 18.2 Å². The van der Waals surface area contributed by atoms with Gasteiger partial charge in [-0.3, -0.25) is 0 Å². The highest BCUT2D eigenvalue weighted by Crippen LogP contribution is 2.30. The molecule has 1 aliphatic carbocycles. The molecule has 0 amide bonds. The van der Waals surface area contributed by atoms with Gasteiger partial charge in [0.2, 0.25) is 0 Å². The zero-order valence-corrected chi connectivity index (χ0v) is 13.6. The molecule has 0 bridgehead atoms. The molecule has 2 unspecified atom stereocenters. The quantitative estimate of drug-likeness (QED) is 0.634. The summed E-state index contributed by atoms with van der Waals surface area (Å²) < 4.78 is 0. The lowest BCUT2D eigenvalue weighted by Gasteiger charge is -2.37. The van der Waals surface area contributed by atoms with Gasteiger partial charge in [0.05, 0.1) is 6.04 Å². The summed E-state index contributed by atoms with van der Waals surface area (Å²) in [6.07, 6.45) is 14.8. The van der Waals surface area contributed by atoms with Gasteiger partial charge < -0.3 is 4.90 Å². The molecular formula is C21H25N. The van der Waals surface area contributed by atoms with Crippen LogP contribution in [0.5, 0.6) is 0 Å². The summed E-state index contributed by atoms with van der Waals surface area (Å²) in [5.74, 6) is 0.339. The second-order valence-corrected chi connectivity index (χ2v) is 5.38. The lowest BCUT2D eigenvalue weighted by atomic mass is 9.85. The molecule has 0 fully saturated rings. The summed E-state index contributed by atoms with van der Waals surface area (Å²) >= 11 is 0. The lowest BCUT2D eigenvalue weighted by molar-refractivity contribution is 0.598. The molecule has 0 radical (unpaired) electrons. The number of allylic oxidation sites excluding steroid dienone is 4. The summed E-state index contributed by atoms with van der Waals surface area (Å²) in [7, 11) is 0. The van der Waals surface area contributed by atoms with Crippen molar-refractivity contribution in [2.45, 2.75) is 19.9 Å². The molecule has 1 aromatic rings. The van der Waals surface area contributed by atoms with Gasteiger partial charge in [-0.15, -0.1) is 0 Å². The Kier molecular flexibility index (Phi) is 5.60. The molecule has 1 aromatic carbocycles. The average molecular weight is 291 g/mol. The predicted molar refractivity (Wildman–Crippen MR) is 99.1 cm³/mol. The van der Waals surface area contributed by atoms with Crippen LogP contribution in [0.1, 0.15) is 19.4 Å². The number of likely N-dealkylation sites (N-methyl/N-ethyl adjacent to an activating group) is 1. The maximum absolute atomic E-state index is 3.97. The highest BCUT2D eigenvalue weighted by molar-refractivity contribution is 5.57. The van der Waals surface area contributed by atoms with E-state index in [2.05, 4.69) is 86.6 Å². The second kappa shape index (κ2) is 7.65. The minimum absolute atomic E-state index is 0.314. The molecule has 2 rings (SSSR count). The predicted octanol–water partition coefficient (Wildman–Crippen LogP) is 5.40. The number of benzene rings is 1. The van der Waals surface area contributed by atoms with Crippen molar-refractivity contribution in [2.24, 2.45) is 5.92 Å². The summed E-state index contributed by atoms with van der Waals surface area (Å²) in [5.41, 5.74) is 3.66. The van der Waals surface area contributed by atoms with Gasteiger partial charge >= 0.3 is 0 Å². The smallest absolute Gasteiger partial charge is 0.0579 e. The van der Waals surface area contributed by atoms with Crippen molar-refractivity contribution in [3.63, 3.8) is 0 Å². The molecule has 1 heteroatoms. The van der Waals surface area contributed by atoms with E-state index in [1.165, 1.54) is 11.3 Å². The van der Waals surface area contributed by atoms with Crippen LogP contribution in [0.4, 0.5) is 5.69 Å². The van der Waals surface area contributed by atoms with Gasteiger partial charge in [0.25, 0.3) is 0 Å². The van der Waals surface area contributed by atoms with E-state index >= 15 is 0 Å². The molecule has 22 heavy (non-hydrogen) atoms. The topological polar surface area (TPSA) is 3.24 Å². The Hall–Kier alpha value is -2.28. The van der Waals surface area contributed by atoms with E-state index in [4.69, 9.17) is 0 Å². The highest BCUT2D eigenvalue weighted by atomic mass is 15.2. The van der Waals surface area contributed by atoms with Gasteiger partial charge in [-0.05, 0) is 37.1 Å². The summed E-state index contributed by atoms with van der Waals surface area (Å²) in [6, 6.07) is 8.90. The number of hydrogen-bond donors (Lipinski definition) is 0. The van der Waals surface area contributed by atoms with Crippen molar-refractivity contribution in [3.05, 3.63) is 85.0 Å². The van der Waals surface area contributed by atoms with Gasteiger partial charge in [-0.25, -0.2) is 0 Å². The van der Waals surface area contributed by atoms with Crippen LogP contribution in [0.25, 0.3) is 6.08 Å². The van der Waals surface area contributed by atoms with Crippen LogP contribution >= 0.6 is 0 Å². The first-order chi connectivity index (χ1) is 10.7. The largest absolute Gasteiger partial charge is 0.364 e. The van der Waals surface area contributed by atoms with E-state index in [-0.39, 0.29) is 0 Å². The summed E-state index contributed by atoms with van der Waals surface area (Å²) in [5, 5.41) is 0. The Bertz CT molecular complexity index is 601. The van der Waals surface area contributed by atoms with Crippen LogP contribution in [0.15, 0.2) is 79.5 Å². The first-order valence-corrected chi connectivity index (χ1v) is 7.88. The van der Waals surface area contributed by atoms with Crippen LogP contribution in [0.2, 0.25) is 0 Å². The maximum Gasteiger partial charge on any atom is 0.0579 e. The SMILES string of the molecule is C=CC1=CC=CC(N(CC)c2ccc(C=C)cc2)C1/C=C\C. The van der Waals surface area contributed by atoms with Crippen LogP contribution in [-0.2, 0) is 0 Å². The number of hydrogen-bond acceptors (Lipinski definition) is 1. The second-order valence-electron chi connectivity index (χ2n) is 5.38. The van der Waals surface area contributed by atoms with Crippen molar-refractivity contribution >= 4 is 11.8 Å². The van der Waals surface area contributed by atoms with E-state index in [1.54, 1.807) is 0 Å². The Morgan fingerprint density at radius 1 is 1.14 bits per heavy atom. The Morgan fingerprint density at radius 2 is 1.86 bits per heavy atom. The Morgan fingerprint density at radius 3 is 2.41 bits per heavy atom. The van der Waals surface area contributed by atoms with E-state index < -0.39 is 0 Å². The first kappa shape index (κ1) is 16.1. The molecule has 0 saturated carbocycles. The van der Waals surface area contributed by atoms with Crippen LogP contribution in [-0.4, -0.2) is 12.6 Å². The normalized spacial score (nSPS) is 20.7. The fourth-order valence-corrected chi connectivity index (χ4v) is 3.01. The van der Waals surface area contributed by atoms with Crippen molar-refractivity contribution in [1.82, 2.24) is 0 Å². The molecule has 0 spiro atoms. The maximum atomic E-state index is 3.97. The lowest BCUT2D eigenvalue weighted by Crippen LogP contribution is -2.40. The van der Waals surface area contributed by atoms with E-state index in [9.17, 15) is 0 Å². The van der Waals surface area contributed by atoms with Crippen molar-refractivity contribution in [2.75, 3.05) is 11.4 Å². The van der Waals surface area contributed by atoms with Crippen LogP contribution in [0.3, 0.4) is 0 Å². The monoisotopic (exact) mass is 291 g/mol. The van der Waals surface area contributed by atoms with Crippen molar-refractivity contribution in [1.29, 1.82) is 0 Å². The molecule has 0 saturated heterocycles. The molecule has 0 heterocycles. The summed E-state index contributed by atoms with van der Waals surface area (Å²) in [4.78, 5) is 2.44. The van der Waals surface area contributed by atoms with Gasteiger partial charge in [0.15, 0.2) is 0 Å². The van der Waals surface area contributed by atoms with Crippen LogP contribution < -0.4 is 4.90 Å². The average Bonchev–Trinajstić information content (AvgIpc) is 2.57. The number of nitrogens with zero attached hydrogens (tertiary/aromatic N) is 1. The number of anilines is 1. The minimum atomic E-state index is 0.314. The van der Waals surface area contributed by atoms with Crippen molar-refractivity contribution in [3.8, 4) is 0 Å². The first-order valence-electron chi connectivity index (χ1n) is 7.88. The third-order valence-corrected chi connectivity index (χ3v) is 4.15. The zero-order chi connectivity index (χ0) is 15.9. The van der Waals surface area contributed by atoms with E-state index in [1.807, 2.05) is 12.2 Å². The fourth-order valence-electron chi connectivity index (χ4n) is 3.01. The molecule has 114 valence electrons. The van der Waals surface area contributed by atoms with Crippen molar-refractivity contribution < 1.29 is 0 Å². The molecule has 0 aromatic heterocycles. The third-order valence-electron chi connectivity index (χ3n) is 4.15. The molecule has 0 aliphatic heterocycles. The fraction of sp³-hybridized carbons (Fsp3) is 0.238. The van der Waals surface area contributed by atoms with Crippen LogP contribution in [0, 0.1) is 5.92 Å². The molecule has 1 aliphatic rings. The molecule has 1 nitrogen and oxygen atoms in total. The molecule has 2 atom stereocenters. The number of rotatable bonds is 6. The summed E-state index contributed by atoms with van der Waals surface area (Å²) in [6.45, 7) is 13.0. The zero-order valence-electron chi connectivity index (χ0n) is 13.6. The highest BCUT2D eigenvalue weighted by Gasteiger charge is 2.26. The third kappa shape index (κ3) is 3.30. The standard InChI is InChI=1S/C21H25N/c1-5-10-20-18(7-3)11-9-12-21(20)22(8-4)19-15-13-17(6-2)14-16-19/h5-7,9-16,20-21H,2-3,8H2,1,4H3/b10-5-. The molecular weight excluding hydrogens is 266 g/mol. The molecule has 0 N–H and O–H groups in total. The Labute approximate surface area is 134 Å². The van der Waals surface area contributed by atoms with Gasteiger partial charge in [0.1, 0.15) is 0 Å². The van der Waals surface area contributed by atoms with E-state index in [0.29, 0.717) is 12.0 Å². The van der Waals surface area contributed by atoms with Gasteiger partial charge in [-0.2, -0.15) is 0 Å². The van der Waals surface area contributed by atoms with E-state index in [0.717, 1.165) is 12.1 Å². The minimum Gasteiger partial charge on any atom is -0.364 e. The van der Waals surface area contributed by atoms with Gasteiger partial charge in [-0.1, -0.05) is 67.8 Å². The Balaban J connectivity index is 2.35.